The van der Waals surface area contributed by atoms with Gasteiger partial charge in [0.15, 0.2) is 0 Å². The van der Waals surface area contributed by atoms with Gasteiger partial charge in [-0.15, -0.1) is 0 Å². The molecule has 1 aliphatic heterocycles. The first-order valence-corrected chi connectivity index (χ1v) is 20.1. The molecule has 2 aliphatic rings. The van der Waals surface area contributed by atoms with Crippen molar-refractivity contribution in [2.24, 2.45) is 23.5 Å². The summed E-state index contributed by atoms with van der Waals surface area (Å²) < 4.78 is 10.8. The zero-order valence-corrected chi connectivity index (χ0v) is 33.0. The first kappa shape index (κ1) is 43.8. The maximum absolute atomic E-state index is 14.4. The number of hydrogen-bond donors (Lipinski definition) is 5. The number of hydrogen-bond acceptors (Lipinski definition) is 8. The molecule has 0 aromatic heterocycles. The van der Waals surface area contributed by atoms with Gasteiger partial charge in [0.1, 0.15) is 6.79 Å². The molecular weight excluding hydrogens is 658 g/mol. The molecule has 1 aliphatic carbocycles. The molecule has 296 valence electrons. The predicted molar refractivity (Wildman–Crippen MR) is 206 cm³/mol. The van der Waals surface area contributed by atoms with Crippen molar-refractivity contribution in [1.82, 2.24) is 20.9 Å². The summed E-state index contributed by atoms with van der Waals surface area (Å²) in [7, 11) is 1.61. The Balaban J connectivity index is 1.82. The summed E-state index contributed by atoms with van der Waals surface area (Å²) in [5, 5.41) is 21.6. The Morgan fingerprint density at radius 2 is 1.67 bits per heavy atom. The molecule has 0 radical (unpaired) electrons. The summed E-state index contributed by atoms with van der Waals surface area (Å²) in [6.07, 6.45) is 9.84. The third kappa shape index (κ3) is 15.4. The van der Waals surface area contributed by atoms with Crippen molar-refractivity contribution in [3.63, 3.8) is 0 Å². The first-order valence-electron chi connectivity index (χ1n) is 20.1. The van der Waals surface area contributed by atoms with Crippen molar-refractivity contribution in [2.45, 2.75) is 154 Å². The van der Waals surface area contributed by atoms with Crippen LogP contribution >= 0.6 is 0 Å². The van der Waals surface area contributed by atoms with Crippen LogP contribution in [-0.4, -0.2) is 97.1 Å². The highest BCUT2D eigenvalue weighted by Crippen LogP contribution is 2.30. The molecule has 1 unspecified atom stereocenters. The number of nitrogens with zero attached hydrogens (tertiary/aromatic N) is 1. The van der Waals surface area contributed by atoms with Crippen molar-refractivity contribution in [1.29, 1.82) is 0 Å². The molecule has 3 amide bonds. The monoisotopic (exact) mass is 730 g/mol. The van der Waals surface area contributed by atoms with E-state index >= 15 is 0 Å². The summed E-state index contributed by atoms with van der Waals surface area (Å²) in [6.45, 7) is 11.5. The maximum Gasteiger partial charge on any atom is 0.240 e. The lowest BCUT2D eigenvalue weighted by molar-refractivity contribution is -0.139. The Hall–Kier alpha value is -2.57. The lowest BCUT2D eigenvalue weighted by Gasteiger charge is -2.36. The van der Waals surface area contributed by atoms with E-state index in [0.717, 1.165) is 56.9 Å². The molecule has 1 heterocycles. The van der Waals surface area contributed by atoms with E-state index in [2.05, 4.69) is 22.9 Å². The number of carbonyl (C=O) groups is 3. The van der Waals surface area contributed by atoms with Gasteiger partial charge in [0.25, 0.3) is 0 Å². The van der Waals surface area contributed by atoms with E-state index < -0.39 is 35.7 Å². The average molecular weight is 730 g/mol. The fourth-order valence-corrected chi connectivity index (χ4v) is 7.57. The lowest BCUT2D eigenvalue weighted by atomic mass is 9.81. The number of piperidine rings is 1. The van der Waals surface area contributed by atoms with Crippen LogP contribution in [0.15, 0.2) is 30.3 Å². The Morgan fingerprint density at radius 3 is 2.27 bits per heavy atom. The fourth-order valence-electron chi connectivity index (χ4n) is 7.57. The van der Waals surface area contributed by atoms with E-state index in [1.807, 2.05) is 62.9 Å². The quantitative estimate of drug-likeness (QED) is 0.108. The highest BCUT2D eigenvalue weighted by atomic mass is 16.7. The molecule has 52 heavy (non-hydrogen) atoms. The Kier molecular flexibility index (Phi) is 19.1. The number of carbonyl (C=O) groups excluding carboxylic acids is 3. The van der Waals surface area contributed by atoms with Crippen molar-refractivity contribution in [3.05, 3.63) is 35.9 Å². The number of amides is 3. The second kappa shape index (κ2) is 22.6. The zero-order valence-electron chi connectivity index (χ0n) is 33.0. The summed E-state index contributed by atoms with van der Waals surface area (Å²) in [6, 6.07) is 8.17. The summed E-state index contributed by atoms with van der Waals surface area (Å²) in [5.74, 6) is -0.413. The molecule has 3 rings (SSSR count). The van der Waals surface area contributed by atoms with Crippen LogP contribution in [0.25, 0.3) is 0 Å². The van der Waals surface area contributed by atoms with E-state index in [-0.39, 0.29) is 43.0 Å². The first-order chi connectivity index (χ1) is 24.8. The van der Waals surface area contributed by atoms with Gasteiger partial charge in [-0.3, -0.25) is 19.7 Å². The van der Waals surface area contributed by atoms with Crippen LogP contribution in [0.2, 0.25) is 0 Å². The molecule has 1 aromatic carbocycles. The zero-order chi connectivity index (χ0) is 38.1. The number of aliphatic hydroxyl groups excluding tert-OH is 1. The number of nitrogens with two attached hydrogens (primary N) is 1. The second-order valence-electron chi connectivity index (χ2n) is 16.4. The van der Waals surface area contributed by atoms with Crippen LogP contribution in [-0.2, 0) is 30.3 Å². The van der Waals surface area contributed by atoms with Gasteiger partial charge in [-0.05, 0) is 69.8 Å². The highest BCUT2D eigenvalue weighted by molar-refractivity contribution is 5.86. The van der Waals surface area contributed by atoms with Crippen LogP contribution in [0.4, 0.5) is 0 Å². The smallest absolute Gasteiger partial charge is 0.240 e. The topological polar surface area (TPSA) is 155 Å². The van der Waals surface area contributed by atoms with E-state index in [4.69, 9.17) is 15.2 Å². The Labute approximate surface area is 313 Å². The van der Waals surface area contributed by atoms with Gasteiger partial charge in [-0.2, -0.15) is 0 Å². The van der Waals surface area contributed by atoms with Gasteiger partial charge in [-0.25, -0.2) is 0 Å². The van der Waals surface area contributed by atoms with E-state index in [0.29, 0.717) is 44.8 Å². The molecule has 1 saturated heterocycles. The standard InChI is InChI=1S/C41H71N5O6/c1-7-8-19-34(44-36(25-31-17-13-10-14-18-31)40(50)46-22-20-32(21-23-46)52-28-51-6)39(49)45-35(24-30-15-11-9-12-16-30)37(47)26-33(29(2)3)38(48)43-27-41(4,5)42/h10,13-14,17-18,29-30,32-37,44,47H,7-9,11-12,15-16,19-28,42H2,1-6H3,(H,43,48)(H,45,49)/t33-,34-,35-,36?,37-/m0/s1. The Bertz CT molecular complexity index is 1180. The summed E-state index contributed by atoms with van der Waals surface area (Å²) >= 11 is 0. The highest BCUT2D eigenvalue weighted by Gasteiger charge is 2.36. The second-order valence-corrected chi connectivity index (χ2v) is 16.4. The Morgan fingerprint density at radius 1 is 1.00 bits per heavy atom. The average Bonchev–Trinajstić information content (AvgIpc) is 3.13. The normalized spacial score (nSPS) is 19.1. The minimum atomic E-state index is -0.912. The molecule has 1 aromatic rings. The van der Waals surface area contributed by atoms with Crippen LogP contribution in [0.3, 0.4) is 0 Å². The molecular formula is C41H71N5O6. The number of unbranched alkanes of at least 4 members (excludes halogenated alkanes) is 1. The van der Waals surface area contributed by atoms with Crippen LogP contribution in [0, 0.1) is 17.8 Å². The fraction of sp³-hybridized carbons (Fsp3) is 0.780. The molecule has 2 fully saturated rings. The molecule has 5 atom stereocenters. The summed E-state index contributed by atoms with van der Waals surface area (Å²) in [5.41, 5.74) is 6.60. The van der Waals surface area contributed by atoms with Crippen LogP contribution in [0.1, 0.15) is 117 Å². The van der Waals surface area contributed by atoms with E-state index in [1.165, 1.54) is 6.42 Å². The number of nitrogens with one attached hydrogen (secondary N) is 3. The molecule has 0 bridgehead atoms. The number of rotatable bonds is 22. The van der Waals surface area contributed by atoms with Gasteiger partial charge >= 0.3 is 0 Å². The van der Waals surface area contributed by atoms with Gasteiger partial charge in [0.05, 0.1) is 30.3 Å². The molecule has 11 heteroatoms. The molecule has 11 nitrogen and oxygen atoms in total. The predicted octanol–water partition coefficient (Wildman–Crippen LogP) is 4.69. The van der Waals surface area contributed by atoms with E-state index in [9.17, 15) is 19.5 Å². The number of aliphatic hydroxyl groups is 1. The minimum Gasteiger partial charge on any atom is -0.391 e. The van der Waals surface area contributed by atoms with E-state index in [1.54, 1.807) is 7.11 Å². The van der Waals surface area contributed by atoms with Gasteiger partial charge in [-0.1, -0.05) is 96.0 Å². The number of benzene rings is 1. The third-order valence-corrected chi connectivity index (χ3v) is 10.8. The largest absolute Gasteiger partial charge is 0.391 e. The number of ether oxygens (including phenoxy) is 2. The lowest BCUT2D eigenvalue weighted by Crippen LogP contribution is -2.58. The third-order valence-electron chi connectivity index (χ3n) is 10.8. The van der Waals surface area contributed by atoms with Crippen LogP contribution in [0.5, 0.6) is 0 Å². The number of methoxy groups -OCH3 is 1. The van der Waals surface area contributed by atoms with Crippen molar-refractivity contribution >= 4 is 17.7 Å². The molecule has 0 spiro atoms. The maximum atomic E-state index is 14.4. The van der Waals surface area contributed by atoms with Gasteiger partial charge in [0, 0.05) is 38.2 Å². The summed E-state index contributed by atoms with van der Waals surface area (Å²) in [4.78, 5) is 43.8. The number of likely N-dealkylation sites (tertiary alicyclic amines) is 1. The molecule has 1 saturated carbocycles. The SMILES string of the molecule is CCCC[C@H](NC(Cc1ccccc1)C(=O)N1CCC(OCOC)CC1)C(=O)N[C@@H](CC1CCCCC1)[C@@H](O)C[C@H](C(=O)NCC(C)(C)N)C(C)C. The van der Waals surface area contributed by atoms with Crippen molar-refractivity contribution in [2.75, 3.05) is 33.5 Å². The van der Waals surface area contributed by atoms with Crippen molar-refractivity contribution in [3.8, 4) is 0 Å². The van der Waals surface area contributed by atoms with Crippen molar-refractivity contribution < 1.29 is 29.0 Å². The molecule has 6 N–H and O–H groups in total. The van der Waals surface area contributed by atoms with Gasteiger partial charge < -0.3 is 35.8 Å². The minimum absolute atomic E-state index is 0.0121. The van der Waals surface area contributed by atoms with Crippen LogP contribution < -0.4 is 21.7 Å². The van der Waals surface area contributed by atoms with Gasteiger partial charge in [0.2, 0.25) is 17.7 Å².